The van der Waals surface area contributed by atoms with Crippen molar-refractivity contribution in [3.8, 4) is 11.4 Å². The Balaban J connectivity index is 1.81. The van der Waals surface area contributed by atoms with Gasteiger partial charge in [-0.1, -0.05) is 12.1 Å². The molecular formula is C22H24N4OS. The van der Waals surface area contributed by atoms with Crippen molar-refractivity contribution in [3.05, 3.63) is 77.4 Å². The average molecular weight is 393 g/mol. The zero-order chi connectivity index (χ0) is 19.8. The van der Waals surface area contributed by atoms with Gasteiger partial charge in [-0.15, -0.1) is 0 Å². The highest BCUT2D eigenvalue weighted by molar-refractivity contribution is 7.80. The fraction of sp³-hybridized carbons (Fsp3) is 0.273. The van der Waals surface area contributed by atoms with Crippen molar-refractivity contribution in [1.82, 2.24) is 19.8 Å². The molecule has 144 valence electrons. The van der Waals surface area contributed by atoms with E-state index in [9.17, 15) is 0 Å². The van der Waals surface area contributed by atoms with E-state index in [0.717, 1.165) is 22.2 Å². The highest BCUT2D eigenvalue weighted by atomic mass is 32.1. The summed E-state index contributed by atoms with van der Waals surface area (Å²) in [4.78, 5) is 6.70. The molecule has 0 saturated carbocycles. The normalized spacial score (nSPS) is 19.0. The fourth-order valence-corrected chi connectivity index (χ4v) is 4.32. The molecule has 0 amide bonds. The van der Waals surface area contributed by atoms with Crippen LogP contribution in [0, 0.1) is 13.8 Å². The molecule has 5 nitrogen and oxygen atoms in total. The van der Waals surface area contributed by atoms with Crippen LogP contribution in [0.5, 0.6) is 5.75 Å². The number of nitrogens with one attached hydrogen (secondary N) is 1. The fourth-order valence-electron chi connectivity index (χ4n) is 4.08. The molecule has 3 heterocycles. The molecule has 1 aliphatic rings. The van der Waals surface area contributed by atoms with E-state index in [0.29, 0.717) is 0 Å². The number of thiocarbonyl (C=S) groups is 1. The van der Waals surface area contributed by atoms with Gasteiger partial charge in [-0.3, -0.25) is 4.98 Å². The van der Waals surface area contributed by atoms with Crippen LogP contribution in [-0.2, 0) is 0 Å². The first-order valence-corrected chi connectivity index (χ1v) is 9.69. The minimum Gasteiger partial charge on any atom is -0.497 e. The van der Waals surface area contributed by atoms with E-state index in [-0.39, 0.29) is 12.1 Å². The van der Waals surface area contributed by atoms with Gasteiger partial charge in [-0.25, -0.2) is 0 Å². The summed E-state index contributed by atoms with van der Waals surface area (Å²) in [5.41, 5.74) is 5.68. The third-order valence-corrected chi connectivity index (χ3v) is 5.85. The molecule has 1 fully saturated rings. The number of aryl methyl sites for hydroxylation is 1. The van der Waals surface area contributed by atoms with Gasteiger partial charge < -0.3 is 19.5 Å². The molecule has 2 atom stereocenters. The van der Waals surface area contributed by atoms with Crippen molar-refractivity contribution >= 4 is 17.3 Å². The molecule has 3 aromatic rings. The molecule has 4 rings (SSSR count). The van der Waals surface area contributed by atoms with Crippen LogP contribution in [-0.4, -0.2) is 33.7 Å². The number of pyridine rings is 1. The van der Waals surface area contributed by atoms with Crippen LogP contribution in [0.3, 0.4) is 0 Å². The molecule has 2 aromatic heterocycles. The van der Waals surface area contributed by atoms with Crippen LogP contribution < -0.4 is 10.1 Å². The van der Waals surface area contributed by atoms with Crippen LogP contribution in [0.15, 0.2) is 54.7 Å². The van der Waals surface area contributed by atoms with Gasteiger partial charge in [0.2, 0.25) is 0 Å². The molecule has 0 unspecified atom stereocenters. The number of aromatic nitrogens is 2. The van der Waals surface area contributed by atoms with E-state index in [2.05, 4.69) is 51.8 Å². The van der Waals surface area contributed by atoms with Crippen molar-refractivity contribution in [3.63, 3.8) is 0 Å². The van der Waals surface area contributed by atoms with Crippen LogP contribution in [0.4, 0.5) is 0 Å². The second kappa shape index (κ2) is 7.28. The summed E-state index contributed by atoms with van der Waals surface area (Å²) in [6, 6.07) is 16.5. The zero-order valence-electron chi connectivity index (χ0n) is 16.5. The number of methoxy groups -OCH3 is 1. The largest absolute Gasteiger partial charge is 0.497 e. The number of benzene rings is 1. The molecule has 28 heavy (non-hydrogen) atoms. The quantitative estimate of drug-likeness (QED) is 0.677. The first-order chi connectivity index (χ1) is 13.5. The summed E-state index contributed by atoms with van der Waals surface area (Å²) in [7, 11) is 3.73. The average Bonchev–Trinajstić information content (AvgIpc) is 3.17. The lowest BCUT2D eigenvalue weighted by Gasteiger charge is -2.24. The molecule has 0 spiro atoms. The van der Waals surface area contributed by atoms with Gasteiger partial charge in [0.05, 0.1) is 24.9 Å². The number of rotatable bonds is 4. The second-order valence-electron chi connectivity index (χ2n) is 7.10. The Morgan fingerprint density at radius 2 is 1.93 bits per heavy atom. The topological polar surface area (TPSA) is 42.3 Å². The minimum atomic E-state index is 0.0120. The monoisotopic (exact) mass is 392 g/mol. The summed E-state index contributed by atoms with van der Waals surface area (Å²) in [6.07, 6.45) is 1.83. The summed E-state index contributed by atoms with van der Waals surface area (Å²) in [6.45, 7) is 4.29. The summed E-state index contributed by atoms with van der Waals surface area (Å²) in [5, 5.41) is 4.19. The van der Waals surface area contributed by atoms with E-state index in [1.165, 1.54) is 17.0 Å². The Morgan fingerprint density at radius 3 is 2.64 bits per heavy atom. The number of likely N-dealkylation sites (N-methyl/N-ethyl adjacent to an activating group) is 1. The smallest absolute Gasteiger partial charge is 0.169 e. The van der Waals surface area contributed by atoms with Crippen LogP contribution >= 0.6 is 12.2 Å². The molecule has 6 heteroatoms. The molecule has 0 bridgehead atoms. The van der Waals surface area contributed by atoms with Gasteiger partial charge in [0.25, 0.3) is 0 Å². The predicted molar refractivity (Wildman–Crippen MR) is 115 cm³/mol. The van der Waals surface area contributed by atoms with Crippen molar-refractivity contribution in [2.75, 3.05) is 14.2 Å². The lowest BCUT2D eigenvalue weighted by atomic mass is 9.97. The maximum Gasteiger partial charge on any atom is 0.169 e. The minimum absolute atomic E-state index is 0.0120. The van der Waals surface area contributed by atoms with Crippen LogP contribution in [0.2, 0.25) is 0 Å². The number of hydrogen-bond acceptors (Lipinski definition) is 3. The van der Waals surface area contributed by atoms with Gasteiger partial charge in [-0.2, -0.15) is 0 Å². The highest BCUT2D eigenvalue weighted by Gasteiger charge is 2.39. The lowest BCUT2D eigenvalue weighted by Crippen LogP contribution is -2.25. The standard InChI is InChI=1S/C22H24N4OS/c1-14-12-18(15(2)26(14)16-8-7-9-17(13-16)27-4)21-20(24-22(28)25(21)3)19-10-5-6-11-23-19/h5-13,20-21H,1-4H3,(H,24,28)/t20-,21+/m0/s1. The first kappa shape index (κ1) is 18.5. The Hall–Kier alpha value is -2.86. The SMILES string of the molecule is COc1cccc(-n2c(C)cc([C@@H]3[C@H](c4ccccn4)NC(=S)N3C)c2C)c1. The Bertz CT molecular complexity index is 1010. The molecule has 1 aliphatic heterocycles. The molecule has 1 N–H and O–H groups in total. The zero-order valence-corrected chi connectivity index (χ0v) is 17.3. The first-order valence-electron chi connectivity index (χ1n) is 9.28. The molecule has 1 saturated heterocycles. The Labute approximate surface area is 171 Å². The predicted octanol–water partition coefficient (Wildman–Crippen LogP) is 4.10. The third-order valence-electron chi connectivity index (χ3n) is 5.44. The summed E-state index contributed by atoms with van der Waals surface area (Å²) < 4.78 is 7.68. The Kier molecular flexibility index (Phi) is 4.81. The van der Waals surface area contributed by atoms with Crippen molar-refractivity contribution in [2.45, 2.75) is 25.9 Å². The molecular weight excluding hydrogens is 368 g/mol. The summed E-state index contributed by atoms with van der Waals surface area (Å²) in [5.74, 6) is 0.846. The second-order valence-corrected chi connectivity index (χ2v) is 7.49. The molecule has 1 aromatic carbocycles. The lowest BCUT2D eigenvalue weighted by molar-refractivity contribution is 0.367. The number of nitrogens with zero attached hydrogens (tertiary/aromatic N) is 3. The number of ether oxygens (including phenoxy) is 1. The molecule has 0 radical (unpaired) electrons. The maximum absolute atomic E-state index is 5.57. The van der Waals surface area contributed by atoms with Crippen LogP contribution in [0.1, 0.15) is 34.7 Å². The highest BCUT2D eigenvalue weighted by Crippen LogP contribution is 2.40. The van der Waals surface area contributed by atoms with Crippen molar-refractivity contribution in [2.24, 2.45) is 0 Å². The van der Waals surface area contributed by atoms with Crippen molar-refractivity contribution < 1.29 is 4.74 Å². The van der Waals surface area contributed by atoms with Gasteiger partial charge in [0, 0.05) is 36.4 Å². The third kappa shape index (κ3) is 3.03. The summed E-state index contributed by atoms with van der Waals surface area (Å²) >= 11 is 5.57. The van der Waals surface area contributed by atoms with E-state index in [1.807, 2.05) is 43.6 Å². The molecule has 0 aliphatic carbocycles. The van der Waals surface area contributed by atoms with Gasteiger partial charge in [-0.05, 0) is 62.0 Å². The number of hydrogen-bond donors (Lipinski definition) is 1. The van der Waals surface area contributed by atoms with Gasteiger partial charge in [0.1, 0.15) is 5.75 Å². The van der Waals surface area contributed by atoms with E-state index in [4.69, 9.17) is 17.0 Å². The van der Waals surface area contributed by atoms with E-state index in [1.54, 1.807) is 7.11 Å². The Morgan fingerprint density at radius 1 is 1.11 bits per heavy atom. The van der Waals surface area contributed by atoms with Gasteiger partial charge >= 0.3 is 0 Å². The van der Waals surface area contributed by atoms with Crippen molar-refractivity contribution in [1.29, 1.82) is 0 Å². The van der Waals surface area contributed by atoms with Crippen LogP contribution in [0.25, 0.3) is 5.69 Å². The van der Waals surface area contributed by atoms with E-state index >= 15 is 0 Å². The van der Waals surface area contributed by atoms with Gasteiger partial charge in [0.15, 0.2) is 5.11 Å². The maximum atomic E-state index is 5.57. The van der Waals surface area contributed by atoms with E-state index < -0.39 is 0 Å².